The number of anilines is 2. The van der Waals surface area contributed by atoms with Crippen LogP contribution < -0.4 is 15.4 Å². The van der Waals surface area contributed by atoms with E-state index in [1.807, 2.05) is 6.07 Å². The number of carbonyl (C=O) groups is 1. The van der Waals surface area contributed by atoms with Gasteiger partial charge in [-0.25, -0.2) is 4.98 Å². The number of benzene rings is 1. The van der Waals surface area contributed by atoms with Gasteiger partial charge in [0.05, 0.1) is 24.0 Å². The summed E-state index contributed by atoms with van der Waals surface area (Å²) in [6.45, 7) is 3.03. The Labute approximate surface area is 141 Å². The maximum atomic E-state index is 12.2. The van der Waals surface area contributed by atoms with E-state index in [1.165, 1.54) is 0 Å². The fraction of sp³-hybridized carbons (Fsp3) is 0.294. The third-order valence-electron chi connectivity index (χ3n) is 3.27. The molecule has 1 amide bonds. The number of amides is 1. The Morgan fingerprint density at radius 2 is 2.04 bits per heavy atom. The lowest BCUT2D eigenvalue weighted by Gasteiger charge is -2.09. The van der Waals surface area contributed by atoms with Crippen LogP contribution in [0.4, 0.5) is 11.4 Å². The van der Waals surface area contributed by atoms with E-state index in [1.54, 1.807) is 37.6 Å². The van der Waals surface area contributed by atoms with E-state index in [0.717, 1.165) is 25.1 Å². The van der Waals surface area contributed by atoms with Crippen molar-refractivity contribution in [2.45, 2.75) is 19.8 Å². The van der Waals surface area contributed by atoms with Crippen molar-refractivity contribution in [2.75, 3.05) is 24.3 Å². The van der Waals surface area contributed by atoms with E-state index >= 15 is 0 Å². The summed E-state index contributed by atoms with van der Waals surface area (Å²) < 4.78 is 5.08. The van der Waals surface area contributed by atoms with Crippen LogP contribution in [0.15, 0.2) is 36.5 Å². The summed E-state index contributed by atoms with van der Waals surface area (Å²) in [7, 11) is 1.54. The highest BCUT2D eigenvalue weighted by molar-refractivity contribution is 6.32. The molecule has 1 aromatic carbocycles. The number of halogens is 1. The zero-order valence-electron chi connectivity index (χ0n) is 13.2. The first-order chi connectivity index (χ1) is 11.1. The molecular weight excluding hydrogens is 314 g/mol. The van der Waals surface area contributed by atoms with Crippen molar-refractivity contribution in [3.05, 3.63) is 47.2 Å². The number of nitrogens with zero attached hydrogens (tertiary/aromatic N) is 1. The number of nitrogens with one attached hydrogen (secondary N) is 2. The second-order valence-corrected chi connectivity index (χ2v) is 5.42. The number of hydrogen-bond acceptors (Lipinski definition) is 4. The predicted molar refractivity (Wildman–Crippen MR) is 93.6 cm³/mol. The molecule has 0 fully saturated rings. The molecule has 0 saturated heterocycles. The van der Waals surface area contributed by atoms with Crippen molar-refractivity contribution in [3.8, 4) is 5.75 Å². The van der Waals surface area contributed by atoms with Crippen molar-refractivity contribution in [1.82, 2.24) is 4.98 Å². The molecule has 0 aliphatic rings. The Bertz CT molecular complexity index is 659. The third-order valence-corrected chi connectivity index (χ3v) is 3.56. The normalized spacial score (nSPS) is 10.2. The first-order valence-corrected chi connectivity index (χ1v) is 7.86. The van der Waals surface area contributed by atoms with Crippen molar-refractivity contribution in [2.24, 2.45) is 0 Å². The summed E-state index contributed by atoms with van der Waals surface area (Å²) in [6, 6.07) is 8.60. The van der Waals surface area contributed by atoms with Crippen molar-refractivity contribution in [1.29, 1.82) is 0 Å². The Morgan fingerprint density at radius 3 is 2.65 bits per heavy atom. The number of pyridine rings is 1. The Kier molecular flexibility index (Phi) is 6.23. The molecule has 0 aliphatic carbocycles. The fourth-order valence-corrected chi connectivity index (χ4v) is 2.24. The van der Waals surface area contributed by atoms with Crippen LogP contribution in [0.25, 0.3) is 0 Å². The molecule has 122 valence electrons. The number of ether oxygens (including phenoxy) is 1. The maximum absolute atomic E-state index is 12.2. The largest absolute Gasteiger partial charge is 0.495 e. The first kappa shape index (κ1) is 17.1. The second kappa shape index (κ2) is 8.39. The molecule has 0 saturated carbocycles. The zero-order valence-corrected chi connectivity index (χ0v) is 14.0. The first-order valence-electron chi connectivity index (χ1n) is 7.49. The average molecular weight is 334 g/mol. The molecule has 1 aromatic heterocycles. The highest BCUT2D eigenvalue weighted by Gasteiger charge is 2.09. The minimum Gasteiger partial charge on any atom is -0.495 e. The summed E-state index contributed by atoms with van der Waals surface area (Å²) in [5, 5.41) is 6.45. The van der Waals surface area contributed by atoms with Gasteiger partial charge in [-0.3, -0.25) is 4.79 Å². The van der Waals surface area contributed by atoms with Crippen LogP contribution in [0, 0.1) is 0 Å². The minimum atomic E-state index is -0.286. The summed E-state index contributed by atoms with van der Waals surface area (Å²) in [5.74, 6) is 0.275. The van der Waals surface area contributed by atoms with Crippen LogP contribution >= 0.6 is 11.6 Å². The smallest absolute Gasteiger partial charge is 0.274 e. The van der Waals surface area contributed by atoms with Gasteiger partial charge in [0.15, 0.2) is 0 Å². The monoisotopic (exact) mass is 333 g/mol. The number of aromatic nitrogens is 1. The molecule has 0 spiro atoms. The molecule has 0 unspecified atom stereocenters. The quantitative estimate of drug-likeness (QED) is 0.745. The van der Waals surface area contributed by atoms with Crippen molar-refractivity contribution >= 4 is 28.9 Å². The molecule has 2 rings (SSSR count). The van der Waals surface area contributed by atoms with Gasteiger partial charge in [0, 0.05) is 12.2 Å². The van der Waals surface area contributed by atoms with Gasteiger partial charge in [-0.1, -0.05) is 24.9 Å². The lowest BCUT2D eigenvalue weighted by atomic mass is 10.2. The summed E-state index contributed by atoms with van der Waals surface area (Å²) in [4.78, 5) is 16.4. The Hall–Kier alpha value is -2.27. The van der Waals surface area contributed by atoms with E-state index in [9.17, 15) is 4.79 Å². The molecule has 0 radical (unpaired) electrons. The van der Waals surface area contributed by atoms with E-state index in [2.05, 4.69) is 22.5 Å². The zero-order chi connectivity index (χ0) is 16.7. The van der Waals surface area contributed by atoms with Crippen LogP contribution in [-0.2, 0) is 0 Å². The van der Waals surface area contributed by atoms with Gasteiger partial charge < -0.3 is 15.4 Å². The van der Waals surface area contributed by atoms with Gasteiger partial charge in [-0.2, -0.15) is 0 Å². The number of hydrogen-bond donors (Lipinski definition) is 2. The summed E-state index contributed by atoms with van der Waals surface area (Å²) in [5.41, 5.74) is 1.84. The van der Waals surface area contributed by atoms with Crippen molar-refractivity contribution in [3.63, 3.8) is 0 Å². The van der Waals surface area contributed by atoms with Gasteiger partial charge in [0.1, 0.15) is 11.4 Å². The number of unbranched alkanes of at least 4 members (excludes halogenated alkanes) is 1. The van der Waals surface area contributed by atoms with Gasteiger partial charge in [-0.05, 0) is 36.8 Å². The second-order valence-electron chi connectivity index (χ2n) is 5.02. The topological polar surface area (TPSA) is 63.2 Å². The van der Waals surface area contributed by atoms with E-state index in [4.69, 9.17) is 16.3 Å². The lowest BCUT2D eigenvalue weighted by molar-refractivity contribution is 0.102. The van der Waals surface area contributed by atoms with Gasteiger partial charge >= 0.3 is 0 Å². The molecule has 6 heteroatoms. The molecular formula is C17H20ClN3O2. The number of carbonyl (C=O) groups excluding carboxylic acids is 1. The highest BCUT2D eigenvalue weighted by atomic mass is 35.5. The van der Waals surface area contributed by atoms with Gasteiger partial charge in [0.2, 0.25) is 0 Å². The van der Waals surface area contributed by atoms with E-state index < -0.39 is 0 Å². The highest BCUT2D eigenvalue weighted by Crippen LogP contribution is 2.27. The lowest BCUT2D eigenvalue weighted by Crippen LogP contribution is -2.14. The Morgan fingerprint density at radius 1 is 1.26 bits per heavy atom. The number of methoxy groups -OCH3 is 1. The summed E-state index contributed by atoms with van der Waals surface area (Å²) in [6.07, 6.45) is 3.89. The predicted octanol–water partition coefficient (Wildman–Crippen LogP) is 4.21. The molecule has 0 bridgehead atoms. The average Bonchev–Trinajstić information content (AvgIpc) is 2.56. The van der Waals surface area contributed by atoms with Gasteiger partial charge in [-0.15, -0.1) is 0 Å². The minimum absolute atomic E-state index is 0.286. The third kappa shape index (κ3) is 4.86. The molecule has 5 nitrogen and oxygen atoms in total. The van der Waals surface area contributed by atoms with Crippen LogP contribution in [0.2, 0.25) is 5.02 Å². The summed E-state index contributed by atoms with van der Waals surface area (Å²) >= 11 is 6.04. The maximum Gasteiger partial charge on any atom is 0.274 e. The SMILES string of the molecule is CCCCNc1ccc(C(=O)Nc2ccc(OC)c(Cl)c2)nc1. The molecule has 2 N–H and O–H groups in total. The fourth-order valence-electron chi connectivity index (χ4n) is 1.98. The van der Waals surface area contributed by atoms with Gasteiger partial charge in [0.25, 0.3) is 5.91 Å². The molecule has 23 heavy (non-hydrogen) atoms. The Balaban J connectivity index is 1.99. The van der Waals surface area contributed by atoms with Crippen LogP contribution in [0.5, 0.6) is 5.75 Å². The van der Waals surface area contributed by atoms with Crippen LogP contribution in [-0.4, -0.2) is 24.5 Å². The van der Waals surface area contributed by atoms with Crippen LogP contribution in [0.3, 0.4) is 0 Å². The molecule has 0 aliphatic heterocycles. The van der Waals surface area contributed by atoms with E-state index in [0.29, 0.717) is 22.2 Å². The molecule has 2 aromatic rings. The van der Waals surface area contributed by atoms with Crippen molar-refractivity contribution < 1.29 is 9.53 Å². The van der Waals surface area contributed by atoms with Crippen LogP contribution in [0.1, 0.15) is 30.3 Å². The van der Waals surface area contributed by atoms with E-state index in [-0.39, 0.29) is 5.91 Å². The molecule has 1 heterocycles. The molecule has 0 atom stereocenters. The standard InChI is InChI=1S/C17H20ClN3O2/c1-3-4-9-19-13-5-7-15(20-11-13)17(22)21-12-6-8-16(23-2)14(18)10-12/h5-8,10-11,19H,3-4,9H2,1-2H3,(H,21,22). The number of rotatable bonds is 7.